The lowest BCUT2D eigenvalue weighted by atomic mass is 10.0. The highest BCUT2D eigenvalue weighted by molar-refractivity contribution is 7.97. The molecule has 2 atom stereocenters. The van der Waals surface area contributed by atoms with Gasteiger partial charge in [-0.15, -0.1) is 10.2 Å². The molecular weight excluding hydrogens is 631 g/mol. The molecule has 4 aromatic carbocycles. The number of carbonyl (C=O) groups excluding carboxylic acids is 2. The number of carbonyl (C=O) groups is 2. The number of nitriles is 1. The molecule has 0 fully saturated rings. The van der Waals surface area contributed by atoms with E-state index in [1.165, 1.54) is 0 Å². The van der Waals surface area contributed by atoms with E-state index in [1.54, 1.807) is 0 Å². The van der Waals surface area contributed by atoms with E-state index in [-0.39, 0.29) is 17.6 Å². The summed E-state index contributed by atoms with van der Waals surface area (Å²) in [6, 6.07) is 40.1. The topological polar surface area (TPSA) is 118 Å². The Morgan fingerprint density at radius 3 is 1.80 bits per heavy atom. The molecule has 0 saturated carbocycles. The molecule has 1 heterocycles. The maximum absolute atomic E-state index is 14.8. The number of amides is 1. The van der Waals surface area contributed by atoms with Crippen molar-refractivity contribution in [2.75, 3.05) is 0 Å². The van der Waals surface area contributed by atoms with Crippen LogP contribution in [0.25, 0.3) is 11.5 Å². The molecule has 0 radical (unpaired) electrons. The highest BCUT2D eigenvalue weighted by atomic mass is 31.2. The van der Waals surface area contributed by atoms with Crippen molar-refractivity contribution in [1.29, 1.82) is 5.26 Å². The minimum atomic E-state index is -2.97. The van der Waals surface area contributed by atoms with E-state index in [2.05, 4.69) is 21.6 Å². The summed E-state index contributed by atoms with van der Waals surface area (Å²) < 4.78 is 11.8. The van der Waals surface area contributed by atoms with Crippen LogP contribution in [-0.4, -0.2) is 39.5 Å². The maximum atomic E-state index is 14.8. The Balaban J connectivity index is 1.51. The normalized spacial score (nSPS) is 12.5. The van der Waals surface area contributed by atoms with Crippen LogP contribution in [0.15, 0.2) is 126 Å². The maximum Gasteiger partial charge on any atom is 0.408 e. The van der Waals surface area contributed by atoms with Crippen molar-refractivity contribution in [2.45, 2.75) is 58.6 Å². The predicted molar refractivity (Wildman–Crippen MR) is 196 cm³/mol. The third-order valence-corrected chi connectivity index (χ3v) is 12.6. The average Bonchev–Trinajstić information content (AvgIpc) is 3.62. The summed E-state index contributed by atoms with van der Waals surface area (Å²) in [6.07, 6.45) is 0.685. The monoisotopic (exact) mass is 672 g/mol. The molecule has 250 valence electrons. The molecule has 0 unspecified atom stereocenters. The van der Waals surface area contributed by atoms with Gasteiger partial charge >= 0.3 is 6.09 Å². The van der Waals surface area contributed by atoms with Crippen LogP contribution < -0.4 is 21.2 Å². The van der Waals surface area contributed by atoms with Gasteiger partial charge in [-0.1, -0.05) is 143 Å². The Bertz CT molecular complexity index is 1820. The molecule has 9 heteroatoms. The zero-order valence-electron chi connectivity index (χ0n) is 28.0. The number of benzene rings is 4. The van der Waals surface area contributed by atoms with Crippen LogP contribution in [-0.2, 0) is 16.0 Å². The summed E-state index contributed by atoms with van der Waals surface area (Å²) in [5.41, 5.74) is 0.795. The van der Waals surface area contributed by atoms with E-state index < -0.39 is 30.9 Å². The number of ketones is 1. The number of alkyl carbamates (subject to hydrolysis) is 1. The molecule has 8 nitrogen and oxygen atoms in total. The first-order valence-electron chi connectivity index (χ1n) is 16.6. The van der Waals surface area contributed by atoms with Gasteiger partial charge in [-0.2, -0.15) is 5.26 Å². The lowest BCUT2D eigenvalue weighted by Crippen LogP contribution is -2.47. The summed E-state index contributed by atoms with van der Waals surface area (Å²) >= 11 is 0. The summed E-state index contributed by atoms with van der Waals surface area (Å²) in [4.78, 5) is 28.4. The van der Waals surface area contributed by atoms with Gasteiger partial charge in [0.15, 0.2) is 5.78 Å². The number of Topliss-reactive ketones (excluding diaryl/α,β-unsaturated/α-hetero) is 1. The van der Waals surface area contributed by atoms with E-state index in [0.717, 1.165) is 27.9 Å². The first kappa shape index (κ1) is 35.1. The third kappa shape index (κ3) is 8.08. The standard InChI is InChI=1S/C40H41N4O4P/c1-4-5-26-34(42-40(46)47-35(29(2)3)27-37-43-44-39(48-37)30-18-10-6-11-19-30)38(45)36(28-41)49(31-20-12-7-13-21-31,32-22-14-8-15-23-32)33-24-16-9-17-25-33/h6-25,29,34-35H,4-5,26-27H2,1-3H3,(H,42,46)/t34-,35+/m0/s1. The second-order valence-corrected chi connectivity index (χ2v) is 15.4. The fourth-order valence-corrected chi connectivity index (χ4v) is 10.0. The molecular formula is C40H41N4O4P. The largest absolute Gasteiger partial charge is 0.445 e. The molecule has 0 bridgehead atoms. The van der Waals surface area contributed by atoms with Crippen LogP contribution in [0, 0.1) is 17.2 Å². The third-order valence-electron chi connectivity index (χ3n) is 8.43. The minimum absolute atomic E-state index is 0.0864. The number of hydrogen-bond acceptors (Lipinski definition) is 7. The minimum Gasteiger partial charge on any atom is -0.445 e. The second-order valence-electron chi connectivity index (χ2n) is 12.1. The molecule has 0 aliphatic heterocycles. The molecule has 49 heavy (non-hydrogen) atoms. The Hall–Kier alpha value is -5.25. The zero-order chi connectivity index (χ0) is 34.6. The van der Waals surface area contributed by atoms with Gasteiger partial charge in [0.25, 0.3) is 0 Å². The van der Waals surface area contributed by atoms with Crippen LogP contribution >= 0.6 is 6.89 Å². The van der Waals surface area contributed by atoms with E-state index in [0.29, 0.717) is 24.6 Å². The van der Waals surface area contributed by atoms with Gasteiger partial charge in [-0.25, -0.2) is 4.79 Å². The van der Waals surface area contributed by atoms with E-state index in [1.807, 2.05) is 142 Å². The van der Waals surface area contributed by atoms with Gasteiger partial charge in [0.2, 0.25) is 11.8 Å². The number of nitrogens with zero attached hydrogens (tertiary/aromatic N) is 3. The van der Waals surface area contributed by atoms with Crippen LogP contribution in [0.1, 0.15) is 45.9 Å². The number of ether oxygens (including phenoxy) is 1. The molecule has 1 amide bonds. The summed E-state index contributed by atoms with van der Waals surface area (Å²) in [5.74, 6) is 0.224. The highest BCUT2D eigenvalue weighted by Crippen LogP contribution is 2.46. The van der Waals surface area contributed by atoms with Gasteiger partial charge in [0.05, 0.1) is 12.5 Å². The fraction of sp³-hybridized carbons (Fsp3) is 0.250. The van der Waals surface area contributed by atoms with Gasteiger partial charge < -0.3 is 14.5 Å². The molecule has 0 spiro atoms. The van der Waals surface area contributed by atoms with Gasteiger partial charge in [0.1, 0.15) is 17.5 Å². The molecule has 0 aliphatic rings. The number of hydrogen-bond donors (Lipinski definition) is 1. The van der Waals surface area contributed by atoms with Crippen LogP contribution in [0.5, 0.6) is 0 Å². The summed E-state index contributed by atoms with van der Waals surface area (Å²) in [7, 11) is 0. The Morgan fingerprint density at radius 1 is 0.816 bits per heavy atom. The predicted octanol–water partition coefficient (Wildman–Crippen LogP) is 6.85. The molecule has 1 N–H and O–H groups in total. The van der Waals surface area contributed by atoms with Crippen molar-refractivity contribution < 1.29 is 18.7 Å². The second kappa shape index (κ2) is 16.7. The van der Waals surface area contributed by atoms with E-state index in [4.69, 9.17) is 9.15 Å². The summed E-state index contributed by atoms with van der Waals surface area (Å²) in [6.45, 7) is 2.92. The molecule has 0 aliphatic carbocycles. The van der Waals surface area contributed by atoms with Crippen LogP contribution in [0.3, 0.4) is 0 Å². The first-order chi connectivity index (χ1) is 23.9. The van der Waals surface area contributed by atoms with Gasteiger partial charge in [0, 0.05) is 5.56 Å². The lowest BCUT2D eigenvalue weighted by Gasteiger charge is -2.31. The molecule has 1 aromatic heterocycles. The molecule has 5 rings (SSSR count). The Kier molecular flexibility index (Phi) is 12.0. The SMILES string of the molecule is CCCC[C@H](NC(=O)O[C@H](Cc1nnc(-c2ccccc2)o1)C(C)C)C(=O)C(C#N)=P(c1ccccc1)(c1ccccc1)c1ccccc1. The van der Waals surface area contributed by atoms with Crippen molar-refractivity contribution in [1.82, 2.24) is 15.5 Å². The van der Waals surface area contributed by atoms with Crippen molar-refractivity contribution in [2.24, 2.45) is 5.92 Å². The van der Waals surface area contributed by atoms with Crippen LogP contribution in [0.2, 0.25) is 0 Å². The molecule has 0 saturated heterocycles. The number of rotatable bonds is 14. The Labute approximate surface area is 288 Å². The van der Waals surface area contributed by atoms with Crippen LogP contribution in [0.4, 0.5) is 4.79 Å². The van der Waals surface area contributed by atoms with Gasteiger partial charge in [-0.05, 0) is 47.3 Å². The highest BCUT2D eigenvalue weighted by Gasteiger charge is 2.37. The van der Waals surface area contributed by atoms with Crippen molar-refractivity contribution in [3.63, 3.8) is 0 Å². The number of aromatic nitrogens is 2. The fourth-order valence-electron chi connectivity index (χ4n) is 5.86. The van der Waals surface area contributed by atoms with Gasteiger partial charge in [-0.3, -0.25) is 4.79 Å². The van der Waals surface area contributed by atoms with Crippen molar-refractivity contribution in [3.05, 3.63) is 127 Å². The van der Waals surface area contributed by atoms with E-state index >= 15 is 0 Å². The number of nitrogens with one attached hydrogen (secondary N) is 1. The smallest absolute Gasteiger partial charge is 0.408 e. The quantitative estimate of drug-likeness (QED) is 0.128. The van der Waals surface area contributed by atoms with E-state index in [9.17, 15) is 14.9 Å². The average molecular weight is 673 g/mol. The van der Waals surface area contributed by atoms with Crippen molar-refractivity contribution >= 4 is 40.0 Å². The summed E-state index contributed by atoms with van der Waals surface area (Å²) in [5, 5.41) is 24.9. The first-order valence-corrected chi connectivity index (χ1v) is 18.4. The zero-order valence-corrected chi connectivity index (χ0v) is 28.9. The number of unbranched alkanes of at least 4 members (excludes halogenated alkanes) is 1. The molecule has 5 aromatic rings. The lowest BCUT2D eigenvalue weighted by molar-refractivity contribution is -0.114. The Morgan fingerprint density at radius 2 is 1.33 bits per heavy atom. The van der Waals surface area contributed by atoms with Crippen molar-refractivity contribution in [3.8, 4) is 17.5 Å².